The predicted molar refractivity (Wildman–Crippen MR) is 75.5 cm³/mol. The average Bonchev–Trinajstić information content (AvgIpc) is 2.38. The van der Waals surface area contributed by atoms with Crippen LogP contribution in [0.5, 0.6) is 0 Å². The van der Waals surface area contributed by atoms with Crippen LogP contribution in [0.25, 0.3) is 0 Å². The van der Waals surface area contributed by atoms with E-state index in [-0.39, 0.29) is 6.42 Å². The Bertz CT molecular complexity index is 443. The van der Waals surface area contributed by atoms with Crippen LogP contribution < -0.4 is 5.32 Å². The van der Waals surface area contributed by atoms with E-state index in [2.05, 4.69) is 18.3 Å². The number of carboxylic acids is 1. The number of aldehydes is 1. The molecule has 0 spiro atoms. The SMILES string of the molecule is CCCCc1ccc(NC(CC=O)C(=O)O)c(C)c1. The minimum atomic E-state index is -1.01. The quantitative estimate of drug-likeness (QED) is 0.708. The van der Waals surface area contributed by atoms with E-state index in [1.165, 1.54) is 5.56 Å². The average molecular weight is 263 g/mol. The molecule has 2 N–H and O–H groups in total. The number of carboxylic acid groups (broad SMARTS) is 1. The molecule has 104 valence electrons. The summed E-state index contributed by atoms with van der Waals surface area (Å²) in [6.07, 6.45) is 3.92. The van der Waals surface area contributed by atoms with Gasteiger partial charge in [0.15, 0.2) is 0 Å². The van der Waals surface area contributed by atoms with E-state index in [1.54, 1.807) is 0 Å². The Labute approximate surface area is 113 Å². The smallest absolute Gasteiger partial charge is 0.326 e. The van der Waals surface area contributed by atoms with Gasteiger partial charge in [-0.15, -0.1) is 0 Å². The van der Waals surface area contributed by atoms with E-state index < -0.39 is 12.0 Å². The van der Waals surface area contributed by atoms with Gasteiger partial charge in [-0.2, -0.15) is 0 Å². The van der Waals surface area contributed by atoms with Gasteiger partial charge < -0.3 is 15.2 Å². The maximum Gasteiger partial charge on any atom is 0.326 e. The topological polar surface area (TPSA) is 66.4 Å². The largest absolute Gasteiger partial charge is 0.480 e. The molecule has 0 aliphatic heterocycles. The highest BCUT2D eigenvalue weighted by Gasteiger charge is 2.17. The van der Waals surface area contributed by atoms with Crippen molar-refractivity contribution in [1.29, 1.82) is 0 Å². The Balaban J connectivity index is 2.78. The number of benzene rings is 1. The lowest BCUT2D eigenvalue weighted by molar-refractivity contribution is -0.138. The first-order chi connectivity index (χ1) is 9.08. The van der Waals surface area contributed by atoms with Gasteiger partial charge in [0.2, 0.25) is 0 Å². The second-order valence-corrected chi connectivity index (χ2v) is 4.69. The molecule has 0 radical (unpaired) electrons. The highest BCUT2D eigenvalue weighted by molar-refractivity contribution is 5.80. The minimum Gasteiger partial charge on any atom is -0.480 e. The van der Waals surface area contributed by atoms with Gasteiger partial charge in [0.05, 0.1) is 0 Å². The molecular formula is C15H21NO3. The zero-order chi connectivity index (χ0) is 14.3. The van der Waals surface area contributed by atoms with Crippen LogP contribution in [-0.2, 0) is 16.0 Å². The van der Waals surface area contributed by atoms with E-state index in [0.717, 1.165) is 30.5 Å². The number of aliphatic carboxylic acids is 1. The molecule has 4 heteroatoms. The molecule has 0 fully saturated rings. The van der Waals surface area contributed by atoms with Crippen molar-refractivity contribution in [2.45, 2.75) is 45.6 Å². The van der Waals surface area contributed by atoms with Crippen LogP contribution in [0.15, 0.2) is 18.2 Å². The Morgan fingerprint density at radius 2 is 2.21 bits per heavy atom. The summed E-state index contributed by atoms with van der Waals surface area (Å²) in [6, 6.07) is 5.10. The first-order valence-corrected chi connectivity index (χ1v) is 6.61. The third-order valence-corrected chi connectivity index (χ3v) is 3.07. The summed E-state index contributed by atoms with van der Waals surface area (Å²) >= 11 is 0. The molecule has 4 nitrogen and oxygen atoms in total. The lowest BCUT2D eigenvalue weighted by Crippen LogP contribution is -2.29. The van der Waals surface area contributed by atoms with Crippen LogP contribution in [0.2, 0.25) is 0 Å². The molecule has 0 bridgehead atoms. The summed E-state index contributed by atoms with van der Waals surface area (Å²) in [4.78, 5) is 21.5. The van der Waals surface area contributed by atoms with Gasteiger partial charge in [0.25, 0.3) is 0 Å². The molecular weight excluding hydrogens is 242 g/mol. The summed E-state index contributed by atoms with van der Waals surface area (Å²) in [5.41, 5.74) is 3.03. The molecule has 0 amide bonds. The summed E-state index contributed by atoms with van der Waals surface area (Å²) in [5.74, 6) is -1.01. The molecule has 0 aliphatic rings. The zero-order valence-electron chi connectivity index (χ0n) is 11.5. The van der Waals surface area contributed by atoms with E-state index in [0.29, 0.717) is 6.29 Å². The maximum atomic E-state index is 11.0. The standard InChI is InChI=1S/C15H21NO3/c1-3-4-5-12-6-7-13(11(2)10-12)16-14(8-9-17)15(18)19/h6-7,9-10,14,16H,3-5,8H2,1-2H3,(H,18,19). The van der Waals surface area contributed by atoms with Crippen molar-refractivity contribution < 1.29 is 14.7 Å². The third kappa shape index (κ3) is 4.73. The highest BCUT2D eigenvalue weighted by atomic mass is 16.4. The fourth-order valence-corrected chi connectivity index (χ4v) is 1.93. The minimum absolute atomic E-state index is 0.0354. The number of carbonyl (C=O) groups is 2. The number of anilines is 1. The molecule has 0 saturated heterocycles. The van der Waals surface area contributed by atoms with Crippen LogP contribution in [0, 0.1) is 6.92 Å². The van der Waals surface area contributed by atoms with Crippen LogP contribution in [0.4, 0.5) is 5.69 Å². The van der Waals surface area contributed by atoms with E-state index in [1.807, 2.05) is 19.1 Å². The normalized spacial score (nSPS) is 11.9. The van der Waals surface area contributed by atoms with E-state index in [9.17, 15) is 9.59 Å². The molecule has 1 rings (SSSR count). The number of rotatable bonds is 8. The van der Waals surface area contributed by atoms with Crippen molar-refractivity contribution in [2.75, 3.05) is 5.32 Å². The van der Waals surface area contributed by atoms with Crippen molar-refractivity contribution in [3.05, 3.63) is 29.3 Å². The molecule has 0 aromatic heterocycles. The Hall–Kier alpha value is -1.84. The summed E-state index contributed by atoms with van der Waals surface area (Å²) < 4.78 is 0. The Kier molecular flexibility index (Phi) is 6.06. The van der Waals surface area contributed by atoms with E-state index >= 15 is 0 Å². The molecule has 1 aromatic carbocycles. The fourth-order valence-electron chi connectivity index (χ4n) is 1.93. The van der Waals surface area contributed by atoms with Crippen molar-refractivity contribution >= 4 is 17.9 Å². The molecule has 19 heavy (non-hydrogen) atoms. The van der Waals surface area contributed by atoms with E-state index in [4.69, 9.17) is 5.11 Å². The Morgan fingerprint density at radius 3 is 2.74 bits per heavy atom. The van der Waals surface area contributed by atoms with Crippen molar-refractivity contribution in [3.63, 3.8) is 0 Å². The zero-order valence-corrected chi connectivity index (χ0v) is 11.5. The summed E-state index contributed by atoms with van der Waals surface area (Å²) in [7, 11) is 0. The third-order valence-electron chi connectivity index (χ3n) is 3.07. The fraction of sp³-hybridized carbons (Fsp3) is 0.467. The number of unbranched alkanes of at least 4 members (excludes halogenated alkanes) is 1. The molecule has 1 atom stereocenters. The second kappa shape index (κ2) is 7.56. The predicted octanol–water partition coefficient (Wildman–Crippen LogP) is 2.79. The number of aryl methyl sites for hydroxylation is 2. The number of hydrogen-bond acceptors (Lipinski definition) is 3. The van der Waals surface area contributed by atoms with Crippen LogP contribution in [-0.4, -0.2) is 23.4 Å². The monoisotopic (exact) mass is 263 g/mol. The number of nitrogens with one attached hydrogen (secondary N) is 1. The summed E-state index contributed by atoms with van der Waals surface area (Å²) in [6.45, 7) is 4.09. The lowest BCUT2D eigenvalue weighted by Gasteiger charge is -2.16. The molecule has 0 heterocycles. The lowest BCUT2D eigenvalue weighted by atomic mass is 10.0. The molecule has 1 unspecified atom stereocenters. The van der Waals surface area contributed by atoms with Crippen molar-refractivity contribution in [1.82, 2.24) is 0 Å². The van der Waals surface area contributed by atoms with Crippen molar-refractivity contribution in [3.8, 4) is 0 Å². The summed E-state index contributed by atoms with van der Waals surface area (Å²) in [5, 5.41) is 11.9. The van der Waals surface area contributed by atoms with Crippen molar-refractivity contribution in [2.24, 2.45) is 0 Å². The van der Waals surface area contributed by atoms with Gasteiger partial charge in [-0.1, -0.05) is 25.5 Å². The number of carbonyl (C=O) groups excluding carboxylic acids is 1. The molecule has 0 aliphatic carbocycles. The molecule has 0 saturated carbocycles. The Morgan fingerprint density at radius 1 is 1.47 bits per heavy atom. The van der Waals surface area contributed by atoms with Gasteiger partial charge in [-0.3, -0.25) is 0 Å². The van der Waals surface area contributed by atoms with Gasteiger partial charge in [-0.25, -0.2) is 4.79 Å². The second-order valence-electron chi connectivity index (χ2n) is 4.69. The van der Waals surface area contributed by atoms with Crippen LogP contribution >= 0.6 is 0 Å². The van der Waals surface area contributed by atoms with Gasteiger partial charge in [-0.05, 0) is 37.0 Å². The van der Waals surface area contributed by atoms with Gasteiger partial charge >= 0.3 is 5.97 Å². The van der Waals surface area contributed by atoms with Gasteiger partial charge in [0, 0.05) is 12.1 Å². The first-order valence-electron chi connectivity index (χ1n) is 6.61. The highest BCUT2D eigenvalue weighted by Crippen LogP contribution is 2.19. The first kappa shape index (κ1) is 15.2. The number of hydrogen-bond donors (Lipinski definition) is 2. The molecule has 1 aromatic rings. The van der Waals surface area contributed by atoms with Gasteiger partial charge in [0.1, 0.15) is 12.3 Å². The van der Waals surface area contributed by atoms with Crippen LogP contribution in [0.3, 0.4) is 0 Å². The maximum absolute atomic E-state index is 11.0. The van der Waals surface area contributed by atoms with Crippen LogP contribution in [0.1, 0.15) is 37.3 Å².